The molecule has 1 atom stereocenters. The predicted octanol–water partition coefficient (Wildman–Crippen LogP) is 3.32. The highest BCUT2D eigenvalue weighted by Crippen LogP contribution is 2.26. The Morgan fingerprint density at radius 2 is 2.10 bits per heavy atom. The molecule has 2 N–H and O–H groups in total. The number of halogens is 1. The maximum Gasteiger partial charge on any atom is 0.130 e. The smallest absolute Gasteiger partial charge is 0.130 e. The van der Waals surface area contributed by atoms with Crippen LogP contribution in [0.25, 0.3) is 0 Å². The predicted molar refractivity (Wildman–Crippen MR) is 86.6 cm³/mol. The quantitative estimate of drug-likeness (QED) is 0.867. The van der Waals surface area contributed by atoms with Gasteiger partial charge in [-0.05, 0) is 53.0 Å². The lowest BCUT2D eigenvalue weighted by molar-refractivity contribution is 0.295. The van der Waals surface area contributed by atoms with Gasteiger partial charge >= 0.3 is 0 Å². The van der Waals surface area contributed by atoms with E-state index in [2.05, 4.69) is 20.9 Å². The minimum absolute atomic E-state index is 0.0755. The van der Waals surface area contributed by atoms with E-state index in [1.54, 1.807) is 13.3 Å². The van der Waals surface area contributed by atoms with Crippen LogP contribution in [0.1, 0.15) is 18.2 Å². The highest BCUT2D eigenvalue weighted by Gasteiger charge is 2.09. The van der Waals surface area contributed by atoms with Crippen molar-refractivity contribution in [2.24, 2.45) is 5.73 Å². The van der Waals surface area contributed by atoms with Crippen molar-refractivity contribution < 1.29 is 9.47 Å². The number of methoxy groups -OCH3 is 1. The van der Waals surface area contributed by atoms with E-state index in [-0.39, 0.29) is 6.04 Å². The molecule has 1 heterocycles. The van der Waals surface area contributed by atoms with Crippen LogP contribution >= 0.6 is 15.9 Å². The van der Waals surface area contributed by atoms with Gasteiger partial charge in [-0.2, -0.15) is 0 Å². The molecule has 1 aromatic heterocycles. The van der Waals surface area contributed by atoms with Crippen LogP contribution in [0.3, 0.4) is 0 Å². The molecule has 0 fully saturated rings. The van der Waals surface area contributed by atoms with Gasteiger partial charge in [0.25, 0.3) is 0 Å². The summed E-state index contributed by atoms with van der Waals surface area (Å²) in [5.74, 6) is 1.55. The number of rotatable bonds is 6. The molecule has 0 saturated heterocycles. The fourth-order valence-electron chi connectivity index (χ4n) is 1.96. The van der Waals surface area contributed by atoms with Crippen LogP contribution in [0.4, 0.5) is 0 Å². The number of nitrogens with zero attached hydrogens (tertiary/aromatic N) is 1. The number of nitrogens with two attached hydrogens (primary N) is 1. The highest BCUT2D eigenvalue weighted by atomic mass is 79.9. The molecule has 112 valence electrons. The first-order valence-electron chi connectivity index (χ1n) is 6.74. The van der Waals surface area contributed by atoms with Gasteiger partial charge in [-0.3, -0.25) is 4.98 Å². The molecule has 2 rings (SSSR count). The van der Waals surface area contributed by atoms with Crippen molar-refractivity contribution in [3.05, 3.63) is 52.3 Å². The van der Waals surface area contributed by atoms with Crippen LogP contribution in [-0.2, 0) is 13.0 Å². The first-order valence-corrected chi connectivity index (χ1v) is 7.53. The average Bonchev–Trinajstić information content (AvgIpc) is 2.47. The van der Waals surface area contributed by atoms with E-state index < -0.39 is 0 Å². The van der Waals surface area contributed by atoms with Crippen molar-refractivity contribution in [2.45, 2.75) is 26.0 Å². The van der Waals surface area contributed by atoms with E-state index in [9.17, 15) is 0 Å². The van der Waals surface area contributed by atoms with Crippen molar-refractivity contribution in [3.8, 4) is 11.5 Å². The molecule has 0 bridgehead atoms. The van der Waals surface area contributed by atoms with Gasteiger partial charge in [0.1, 0.15) is 18.1 Å². The Bertz CT molecular complexity index is 585. The molecule has 0 amide bonds. The van der Waals surface area contributed by atoms with Gasteiger partial charge in [0.05, 0.1) is 12.8 Å². The molecule has 0 aliphatic carbocycles. The second-order valence-corrected chi connectivity index (χ2v) is 5.83. The van der Waals surface area contributed by atoms with Crippen molar-refractivity contribution in [1.29, 1.82) is 0 Å². The first kappa shape index (κ1) is 15.8. The average molecular weight is 351 g/mol. The van der Waals surface area contributed by atoms with Crippen LogP contribution in [0.5, 0.6) is 11.5 Å². The SMILES string of the molecule is COc1ccc(CC(C)N)c(OCc2ccc(Br)cn2)c1. The first-order chi connectivity index (χ1) is 10.1. The molecular formula is C16H19BrN2O2. The van der Waals surface area contributed by atoms with Gasteiger partial charge in [-0.25, -0.2) is 0 Å². The monoisotopic (exact) mass is 350 g/mol. The third-order valence-corrected chi connectivity index (χ3v) is 3.45. The molecule has 0 radical (unpaired) electrons. The Balaban J connectivity index is 2.14. The van der Waals surface area contributed by atoms with E-state index >= 15 is 0 Å². The normalized spacial score (nSPS) is 12.0. The minimum atomic E-state index is 0.0755. The molecule has 2 aromatic rings. The Labute approximate surface area is 133 Å². The van der Waals surface area contributed by atoms with Crippen LogP contribution in [0, 0.1) is 0 Å². The zero-order chi connectivity index (χ0) is 15.2. The Morgan fingerprint density at radius 3 is 2.71 bits per heavy atom. The maximum atomic E-state index is 5.89. The van der Waals surface area contributed by atoms with Crippen molar-refractivity contribution >= 4 is 15.9 Å². The molecule has 1 unspecified atom stereocenters. The van der Waals surface area contributed by atoms with Crippen LogP contribution < -0.4 is 15.2 Å². The van der Waals surface area contributed by atoms with Gasteiger partial charge in [0.2, 0.25) is 0 Å². The van der Waals surface area contributed by atoms with Gasteiger partial charge < -0.3 is 15.2 Å². The van der Waals surface area contributed by atoms with Crippen LogP contribution in [0.15, 0.2) is 41.0 Å². The topological polar surface area (TPSA) is 57.4 Å². The van der Waals surface area contributed by atoms with E-state index in [1.807, 2.05) is 37.3 Å². The van der Waals surface area contributed by atoms with Gasteiger partial charge in [-0.1, -0.05) is 6.07 Å². The summed E-state index contributed by atoms with van der Waals surface area (Å²) in [6, 6.07) is 9.74. The van der Waals surface area contributed by atoms with Crippen molar-refractivity contribution in [3.63, 3.8) is 0 Å². The van der Waals surface area contributed by atoms with Gasteiger partial charge in [0.15, 0.2) is 0 Å². The van der Waals surface area contributed by atoms with E-state index in [0.717, 1.165) is 33.6 Å². The standard InChI is InChI=1S/C16H19BrN2O2/c1-11(18)7-12-3-6-15(20-2)8-16(12)21-10-14-5-4-13(17)9-19-14/h3-6,8-9,11H,7,10,18H2,1-2H3. The summed E-state index contributed by atoms with van der Waals surface area (Å²) in [5.41, 5.74) is 7.82. The van der Waals surface area contributed by atoms with Crippen LogP contribution in [-0.4, -0.2) is 18.1 Å². The maximum absolute atomic E-state index is 5.89. The lowest BCUT2D eigenvalue weighted by Gasteiger charge is -2.14. The zero-order valence-corrected chi connectivity index (χ0v) is 13.8. The number of aromatic nitrogens is 1. The Kier molecular flexibility index (Phi) is 5.59. The molecule has 21 heavy (non-hydrogen) atoms. The van der Waals surface area contributed by atoms with Crippen molar-refractivity contribution in [1.82, 2.24) is 4.98 Å². The fourth-order valence-corrected chi connectivity index (χ4v) is 2.19. The summed E-state index contributed by atoms with van der Waals surface area (Å²) in [6.07, 6.45) is 2.51. The minimum Gasteiger partial charge on any atom is -0.497 e. The summed E-state index contributed by atoms with van der Waals surface area (Å²) in [5, 5.41) is 0. The molecule has 5 heteroatoms. The summed E-state index contributed by atoms with van der Waals surface area (Å²) in [7, 11) is 1.64. The van der Waals surface area contributed by atoms with Crippen LogP contribution in [0.2, 0.25) is 0 Å². The molecule has 0 aliphatic rings. The third-order valence-electron chi connectivity index (χ3n) is 2.98. The fraction of sp³-hybridized carbons (Fsp3) is 0.312. The number of hydrogen-bond acceptors (Lipinski definition) is 4. The van der Waals surface area contributed by atoms with Gasteiger partial charge in [0, 0.05) is 22.8 Å². The summed E-state index contributed by atoms with van der Waals surface area (Å²) in [4.78, 5) is 4.30. The summed E-state index contributed by atoms with van der Waals surface area (Å²) >= 11 is 3.37. The number of ether oxygens (including phenoxy) is 2. The molecule has 0 spiro atoms. The number of pyridine rings is 1. The number of benzene rings is 1. The lowest BCUT2D eigenvalue weighted by Crippen LogP contribution is -2.18. The van der Waals surface area contributed by atoms with Crippen molar-refractivity contribution in [2.75, 3.05) is 7.11 Å². The third kappa shape index (κ3) is 4.72. The molecular weight excluding hydrogens is 332 g/mol. The van der Waals surface area contributed by atoms with Gasteiger partial charge in [-0.15, -0.1) is 0 Å². The second-order valence-electron chi connectivity index (χ2n) is 4.91. The molecule has 0 saturated carbocycles. The summed E-state index contributed by atoms with van der Waals surface area (Å²) < 4.78 is 12.1. The van der Waals surface area contributed by atoms with E-state index in [1.165, 1.54) is 0 Å². The second kappa shape index (κ2) is 7.43. The van der Waals surface area contributed by atoms with E-state index in [0.29, 0.717) is 6.61 Å². The Hall–Kier alpha value is -1.59. The largest absolute Gasteiger partial charge is 0.497 e. The summed E-state index contributed by atoms with van der Waals surface area (Å²) in [6.45, 7) is 2.39. The molecule has 4 nitrogen and oxygen atoms in total. The zero-order valence-electron chi connectivity index (χ0n) is 12.2. The molecule has 0 aliphatic heterocycles. The van der Waals surface area contributed by atoms with E-state index in [4.69, 9.17) is 15.2 Å². The lowest BCUT2D eigenvalue weighted by atomic mass is 10.1. The molecule has 1 aromatic carbocycles. The highest BCUT2D eigenvalue weighted by molar-refractivity contribution is 9.10. The Morgan fingerprint density at radius 1 is 1.29 bits per heavy atom. The number of hydrogen-bond donors (Lipinski definition) is 1.